The van der Waals surface area contributed by atoms with Crippen LogP contribution in [0.3, 0.4) is 0 Å². The lowest BCUT2D eigenvalue weighted by molar-refractivity contribution is -0.124. The average molecular weight is 189 g/mol. The summed E-state index contributed by atoms with van der Waals surface area (Å²) in [6, 6.07) is 0. The van der Waals surface area contributed by atoms with Crippen molar-refractivity contribution in [2.24, 2.45) is 5.92 Å². The van der Waals surface area contributed by atoms with Gasteiger partial charge in [0.2, 0.25) is 5.91 Å². The topological polar surface area (TPSA) is 58.6 Å². The summed E-state index contributed by atoms with van der Waals surface area (Å²) in [4.78, 5) is 11.2. The van der Waals surface area contributed by atoms with Crippen LogP contribution < -0.4 is 5.32 Å². The first-order valence-corrected chi connectivity index (χ1v) is 4.68. The quantitative estimate of drug-likeness (QED) is 0.561. The third kappa shape index (κ3) is 6.54. The Morgan fingerprint density at radius 3 is 2.77 bits per heavy atom. The first kappa shape index (κ1) is 12.4. The minimum Gasteiger partial charge on any atom is -0.394 e. The second kappa shape index (κ2) is 8.01. The van der Waals surface area contributed by atoms with Crippen LogP contribution in [0.5, 0.6) is 0 Å². The number of carbonyl (C=O) groups is 1. The molecular formula is C9H19NO3. The largest absolute Gasteiger partial charge is 0.394 e. The van der Waals surface area contributed by atoms with Crippen molar-refractivity contribution in [3.05, 3.63) is 0 Å². The summed E-state index contributed by atoms with van der Waals surface area (Å²) in [5.41, 5.74) is 0. The van der Waals surface area contributed by atoms with Gasteiger partial charge in [-0.3, -0.25) is 4.79 Å². The molecule has 13 heavy (non-hydrogen) atoms. The molecule has 0 aliphatic carbocycles. The zero-order chi connectivity index (χ0) is 10.1. The molecule has 0 fully saturated rings. The van der Waals surface area contributed by atoms with Gasteiger partial charge in [-0.25, -0.2) is 0 Å². The number of hydrogen-bond acceptors (Lipinski definition) is 3. The SMILES string of the molecule is CCC(C)C(=O)NCCOCCO. The molecular weight excluding hydrogens is 170 g/mol. The number of amides is 1. The van der Waals surface area contributed by atoms with Crippen LogP contribution in [0, 0.1) is 5.92 Å². The summed E-state index contributed by atoms with van der Waals surface area (Å²) < 4.78 is 4.98. The molecule has 0 rings (SSSR count). The van der Waals surface area contributed by atoms with Crippen molar-refractivity contribution in [1.82, 2.24) is 5.32 Å². The molecule has 0 aliphatic rings. The minimum atomic E-state index is 0.0271. The van der Waals surface area contributed by atoms with E-state index in [1.54, 1.807) is 0 Å². The molecule has 0 spiro atoms. The molecule has 1 atom stereocenters. The monoisotopic (exact) mass is 189 g/mol. The highest BCUT2D eigenvalue weighted by atomic mass is 16.5. The molecule has 0 saturated carbocycles. The lowest BCUT2D eigenvalue weighted by atomic mass is 10.1. The van der Waals surface area contributed by atoms with Crippen molar-refractivity contribution in [1.29, 1.82) is 0 Å². The molecule has 0 bridgehead atoms. The Morgan fingerprint density at radius 1 is 1.54 bits per heavy atom. The summed E-state index contributed by atoms with van der Waals surface area (Å²) in [5.74, 6) is 0.132. The molecule has 1 amide bonds. The van der Waals surface area contributed by atoms with Gasteiger partial charge in [0.05, 0.1) is 19.8 Å². The first-order valence-electron chi connectivity index (χ1n) is 4.68. The van der Waals surface area contributed by atoms with Crippen LogP contribution in [0.2, 0.25) is 0 Å². The van der Waals surface area contributed by atoms with Crippen molar-refractivity contribution < 1.29 is 14.6 Å². The van der Waals surface area contributed by atoms with Crippen LogP contribution in [-0.4, -0.2) is 37.4 Å². The highest BCUT2D eigenvalue weighted by molar-refractivity contribution is 5.78. The third-order valence-corrected chi connectivity index (χ3v) is 1.84. The molecule has 0 radical (unpaired) electrons. The molecule has 1 unspecified atom stereocenters. The molecule has 2 N–H and O–H groups in total. The fraction of sp³-hybridized carbons (Fsp3) is 0.889. The standard InChI is InChI=1S/C9H19NO3/c1-3-8(2)9(12)10-4-6-13-7-5-11/h8,11H,3-7H2,1-2H3,(H,10,12). The van der Waals surface area contributed by atoms with Crippen LogP contribution in [0.1, 0.15) is 20.3 Å². The van der Waals surface area contributed by atoms with Crippen LogP contribution in [-0.2, 0) is 9.53 Å². The Kier molecular flexibility index (Phi) is 7.63. The second-order valence-electron chi connectivity index (χ2n) is 2.94. The van der Waals surface area contributed by atoms with Gasteiger partial charge in [-0.05, 0) is 6.42 Å². The molecule has 4 nitrogen and oxygen atoms in total. The summed E-state index contributed by atoms with van der Waals surface area (Å²) >= 11 is 0. The Bertz CT molecular complexity index is 139. The molecule has 0 heterocycles. The zero-order valence-corrected chi connectivity index (χ0v) is 8.38. The minimum absolute atomic E-state index is 0.0271. The van der Waals surface area contributed by atoms with Crippen molar-refractivity contribution in [2.75, 3.05) is 26.4 Å². The van der Waals surface area contributed by atoms with Gasteiger partial charge in [-0.15, -0.1) is 0 Å². The van der Waals surface area contributed by atoms with E-state index in [2.05, 4.69) is 5.32 Å². The molecule has 78 valence electrons. The Morgan fingerprint density at radius 2 is 2.23 bits per heavy atom. The number of nitrogens with one attached hydrogen (secondary N) is 1. The van der Waals surface area contributed by atoms with E-state index in [-0.39, 0.29) is 18.4 Å². The third-order valence-electron chi connectivity index (χ3n) is 1.84. The predicted molar refractivity (Wildman–Crippen MR) is 50.4 cm³/mol. The van der Waals surface area contributed by atoms with E-state index in [1.807, 2.05) is 13.8 Å². The molecule has 0 saturated heterocycles. The summed E-state index contributed by atoms with van der Waals surface area (Å²) in [6.45, 7) is 5.21. The van der Waals surface area contributed by atoms with E-state index in [0.717, 1.165) is 6.42 Å². The molecule has 0 aliphatic heterocycles. The summed E-state index contributed by atoms with van der Waals surface area (Å²) in [6.07, 6.45) is 0.851. The number of aliphatic hydroxyl groups is 1. The van der Waals surface area contributed by atoms with Crippen molar-refractivity contribution >= 4 is 5.91 Å². The van der Waals surface area contributed by atoms with E-state index in [4.69, 9.17) is 9.84 Å². The van der Waals surface area contributed by atoms with E-state index in [1.165, 1.54) is 0 Å². The maximum Gasteiger partial charge on any atom is 0.222 e. The maximum absolute atomic E-state index is 11.2. The van der Waals surface area contributed by atoms with Crippen molar-refractivity contribution in [3.8, 4) is 0 Å². The van der Waals surface area contributed by atoms with Gasteiger partial charge >= 0.3 is 0 Å². The van der Waals surface area contributed by atoms with Crippen LogP contribution in [0.15, 0.2) is 0 Å². The van der Waals surface area contributed by atoms with Gasteiger partial charge in [0, 0.05) is 12.5 Å². The summed E-state index contributed by atoms with van der Waals surface area (Å²) in [7, 11) is 0. The number of rotatable bonds is 7. The number of ether oxygens (including phenoxy) is 1. The van der Waals surface area contributed by atoms with E-state index in [9.17, 15) is 4.79 Å². The van der Waals surface area contributed by atoms with Crippen LogP contribution >= 0.6 is 0 Å². The smallest absolute Gasteiger partial charge is 0.222 e. The Balaban J connectivity index is 3.27. The predicted octanol–water partition coefficient (Wildman–Crippen LogP) is 0.158. The van der Waals surface area contributed by atoms with Gasteiger partial charge in [-0.2, -0.15) is 0 Å². The summed E-state index contributed by atoms with van der Waals surface area (Å²) in [5, 5.41) is 11.1. The highest BCUT2D eigenvalue weighted by Crippen LogP contribution is 1.98. The van der Waals surface area contributed by atoms with Crippen molar-refractivity contribution in [3.63, 3.8) is 0 Å². The van der Waals surface area contributed by atoms with E-state index >= 15 is 0 Å². The normalized spacial score (nSPS) is 12.5. The van der Waals surface area contributed by atoms with Gasteiger partial charge in [0.25, 0.3) is 0 Å². The zero-order valence-electron chi connectivity index (χ0n) is 8.38. The van der Waals surface area contributed by atoms with Crippen LogP contribution in [0.25, 0.3) is 0 Å². The van der Waals surface area contributed by atoms with Gasteiger partial charge in [0.1, 0.15) is 0 Å². The number of hydrogen-bond donors (Lipinski definition) is 2. The highest BCUT2D eigenvalue weighted by Gasteiger charge is 2.08. The van der Waals surface area contributed by atoms with Crippen molar-refractivity contribution in [2.45, 2.75) is 20.3 Å². The Hall–Kier alpha value is -0.610. The second-order valence-corrected chi connectivity index (χ2v) is 2.94. The molecule has 4 heteroatoms. The Labute approximate surface area is 79.3 Å². The fourth-order valence-electron chi connectivity index (χ4n) is 0.773. The van der Waals surface area contributed by atoms with Gasteiger partial charge in [0.15, 0.2) is 0 Å². The number of aliphatic hydroxyl groups excluding tert-OH is 1. The fourth-order valence-corrected chi connectivity index (χ4v) is 0.773. The molecule has 0 aromatic heterocycles. The van der Waals surface area contributed by atoms with Gasteiger partial charge in [-0.1, -0.05) is 13.8 Å². The van der Waals surface area contributed by atoms with Crippen LogP contribution in [0.4, 0.5) is 0 Å². The lowest BCUT2D eigenvalue weighted by Crippen LogP contribution is -2.31. The lowest BCUT2D eigenvalue weighted by Gasteiger charge is -2.09. The molecule has 0 aromatic carbocycles. The van der Waals surface area contributed by atoms with E-state index < -0.39 is 0 Å². The van der Waals surface area contributed by atoms with E-state index in [0.29, 0.717) is 19.8 Å². The molecule has 0 aromatic rings. The van der Waals surface area contributed by atoms with Gasteiger partial charge < -0.3 is 15.2 Å². The average Bonchev–Trinajstić information content (AvgIpc) is 2.16. The first-order chi connectivity index (χ1) is 6.22. The maximum atomic E-state index is 11.2. The number of carbonyl (C=O) groups excluding carboxylic acids is 1.